The predicted molar refractivity (Wildman–Crippen MR) is 137 cm³/mol. The topological polar surface area (TPSA) is 74.7 Å². The number of carbonyl (C=O) groups excluding carboxylic acids is 1. The highest BCUT2D eigenvalue weighted by Gasteiger charge is 2.10. The molecule has 6 heteroatoms. The van der Waals surface area contributed by atoms with Crippen LogP contribution in [0.4, 0.5) is 0 Å². The molecule has 0 saturated heterocycles. The van der Waals surface area contributed by atoms with Crippen molar-refractivity contribution in [1.82, 2.24) is 4.90 Å². The van der Waals surface area contributed by atoms with Crippen LogP contribution in [-0.4, -0.2) is 43.1 Å². The first kappa shape index (κ1) is 31.1. The van der Waals surface area contributed by atoms with Gasteiger partial charge < -0.3 is 4.90 Å². The van der Waals surface area contributed by atoms with Gasteiger partial charge in [-0.1, -0.05) is 122 Å². The lowest BCUT2D eigenvalue weighted by atomic mass is 10.0. The van der Waals surface area contributed by atoms with Crippen LogP contribution in [0, 0.1) is 0 Å². The van der Waals surface area contributed by atoms with E-state index in [4.69, 9.17) is 4.55 Å². The first-order chi connectivity index (χ1) is 15.4. The second-order valence-electron chi connectivity index (χ2n) is 9.25. The molecule has 0 atom stereocenters. The van der Waals surface area contributed by atoms with Gasteiger partial charge in [0.05, 0.1) is 5.75 Å². The smallest absolute Gasteiger partial charge is 0.266 e. The number of allylic oxidation sites excluding steroid dienone is 1. The van der Waals surface area contributed by atoms with Crippen molar-refractivity contribution >= 4 is 16.0 Å². The lowest BCUT2D eigenvalue weighted by Crippen LogP contribution is -2.30. The van der Waals surface area contributed by atoms with Gasteiger partial charge in [-0.25, -0.2) is 0 Å². The van der Waals surface area contributed by atoms with E-state index in [1.807, 2.05) is 6.08 Å². The molecule has 0 spiro atoms. The summed E-state index contributed by atoms with van der Waals surface area (Å²) in [5.41, 5.74) is 0. The fourth-order valence-electron chi connectivity index (χ4n) is 3.84. The van der Waals surface area contributed by atoms with Crippen LogP contribution in [0.1, 0.15) is 129 Å². The van der Waals surface area contributed by atoms with Crippen LogP contribution in [0.2, 0.25) is 0 Å². The summed E-state index contributed by atoms with van der Waals surface area (Å²) in [5.74, 6) is -0.654. The van der Waals surface area contributed by atoms with E-state index < -0.39 is 15.9 Å². The molecule has 0 aromatic carbocycles. The molecule has 0 aromatic heterocycles. The fourth-order valence-corrected chi connectivity index (χ4v) is 4.34. The molecular formula is C26H51NO4S. The molecule has 0 aliphatic heterocycles. The first-order valence-corrected chi connectivity index (χ1v) is 14.8. The molecule has 0 bridgehead atoms. The van der Waals surface area contributed by atoms with Gasteiger partial charge in [-0.3, -0.25) is 9.35 Å². The van der Waals surface area contributed by atoms with Crippen LogP contribution in [0.15, 0.2) is 12.2 Å². The molecule has 0 heterocycles. The summed E-state index contributed by atoms with van der Waals surface area (Å²) in [6.07, 6.45) is 28.7. The van der Waals surface area contributed by atoms with Crippen molar-refractivity contribution in [2.75, 3.05) is 19.3 Å². The molecule has 0 aliphatic rings. The Morgan fingerprint density at radius 3 is 1.47 bits per heavy atom. The Kier molecular flexibility index (Phi) is 21.3. The maximum Gasteiger partial charge on any atom is 0.266 e. The van der Waals surface area contributed by atoms with E-state index in [-0.39, 0.29) is 12.5 Å². The van der Waals surface area contributed by atoms with Gasteiger partial charge in [-0.05, 0) is 18.9 Å². The van der Waals surface area contributed by atoms with Crippen molar-refractivity contribution < 1.29 is 17.8 Å². The van der Waals surface area contributed by atoms with Gasteiger partial charge in [0.25, 0.3) is 10.1 Å². The number of nitrogens with zero attached hydrogens (tertiary/aromatic N) is 1. The molecule has 190 valence electrons. The highest BCUT2D eigenvalue weighted by atomic mass is 32.2. The van der Waals surface area contributed by atoms with Crippen molar-refractivity contribution in [2.45, 2.75) is 129 Å². The zero-order valence-corrected chi connectivity index (χ0v) is 21.8. The van der Waals surface area contributed by atoms with Gasteiger partial charge >= 0.3 is 0 Å². The van der Waals surface area contributed by atoms with Crippen LogP contribution in [0.3, 0.4) is 0 Å². The summed E-state index contributed by atoms with van der Waals surface area (Å²) in [6, 6.07) is 0. The Balaban J connectivity index is 3.32. The molecule has 1 N–H and O–H groups in total. The lowest BCUT2D eigenvalue weighted by molar-refractivity contribution is -0.124. The summed E-state index contributed by atoms with van der Waals surface area (Å²) in [5, 5.41) is 0. The zero-order valence-electron chi connectivity index (χ0n) is 21.0. The van der Waals surface area contributed by atoms with Crippen molar-refractivity contribution in [1.29, 1.82) is 0 Å². The molecule has 0 radical (unpaired) electrons. The molecule has 0 unspecified atom stereocenters. The van der Waals surface area contributed by atoms with E-state index in [0.29, 0.717) is 0 Å². The molecule has 0 saturated carbocycles. The van der Waals surface area contributed by atoms with Gasteiger partial charge in [-0.15, -0.1) is 0 Å². The molecular weight excluding hydrogens is 422 g/mol. The normalized spacial score (nSPS) is 12.0. The second kappa shape index (κ2) is 21.9. The van der Waals surface area contributed by atoms with E-state index in [0.717, 1.165) is 12.8 Å². The number of unbranched alkanes of at least 4 members (excludes halogenated alkanes) is 18. The molecule has 5 nitrogen and oxygen atoms in total. The lowest BCUT2D eigenvalue weighted by Gasteiger charge is -2.13. The highest BCUT2D eigenvalue weighted by Crippen LogP contribution is 2.14. The maximum atomic E-state index is 11.8. The maximum absolute atomic E-state index is 11.8. The Morgan fingerprint density at radius 1 is 0.719 bits per heavy atom. The van der Waals surface area contributed by atoms with Gasteiger partial charge in [0, 0.05) is 13.6 Å². The largest absolute Gasteiger partial charge is 0.341 e. The van der Waals surface area contributed by atoms with Crippen LogP contribution < -0.4 is 0 Å². The van der Waals surface area contributed by atoms with Crippen molar-refractivity contribution in [3.63, 3.8) is 0 Å². The molecule has 0 rings (SSSR count). The summed E-state index contributed by atoms with van der Waals surface area (Å²) in [7, 11) is -2.49. The number of rotatable bonds is 23. The molecule has 32 heavy (non-hydrogen) atoms. The summed E-state index contributed by atoms with van der Waals surface area (Å²) >= 11 is 0. The Bertz CT molecular complexity index is 560. The standard InChI is InChI=1S/C26H51NO4S/c1-3-4-5-6-7-8-9-10-11-12-13-14-15-16-17-18-19-20-21-22-23-26(28)27(2)24-25-32(29,30)31/h22-23H,3-21,24-25H2,1-2H3,(H,29,30,31)/b23-22+. The van der Waals surface area contributed by atoms with Gasteiger partial charge in [0.15, 0.2) is 0 Å². The minimum atomic E-state index is -4.03. The summed E-state index contributed by atoms with van der Waals surface area (Å²) < 4.78 is 30.1. The Morgan fingerprint density at radius 2 is 1.09 bits per heavy atom. The number of amides is 1. The third kappa shape index (κ3) is 23.8. The second-order valence-corrected chi connectivity index (χ2v) is 10.8. The van der Waals surface area contributed by atoms with E-state index in [9.17, 15) is 13.2 Å². The van der Waals surface area contributed by atoms with Crippen LogP contribution in [0.5, 0.6) is 0 Å². The van der Waals surface area contributed by atoms with Crippen LogP contribution in [0.25, 0.3) is 0 Å². The number of hydrogen-bond donors (Lipinski definition) is 1. The van der Waals surface area contributed by atoms with E-state index in [1.54, 1.807) is 0 Å². The minimum absolute atomic E-state index is 0.00119. The van der Waals surface area contributed by atoms with E-state index in [1.165, 1.54) is 127 Å². The molecule has 0 aliphatic carbocycles. The number of hydrogen-bond acceptors (Lipinski definition) is 3. The molecule has 1 amide bonds. The number of likely N-dealkylation sites (N-methyl/N-ethyl adjacent to an activating group) is 1. The highest BCUT2D eigenvalue weighted by molar-refractivity contribution is 7.85. The SMILES string of the molecule is CCCCCCCCCCCCCCCCCCCC/C=C/C(=O)N(C)CCS(=O)(=O)O. The zero-order chi connectivity index (χ0) is 23.9. The monoisotopic (exact) mass is 473 g/mol. The average Bonchev–Trinajstić information content (AvgIpc) is 2.75. The van der Waals surface area contributed by atoms with Crippen molar-refractivity contribution in [3.05, 3.63) is 12.2 Å². The number of carbonyl (C=O) groups is 1. The van der Waals surface area contributed by atoms with Crippen molar-refractivity contribution in [2.24, 2.45) is 0 Å². The fraction of sp³-hybridized carbons (Fsp3) is 0.885. The quantitative estimate of drug-likeness (QED) is 0.0958. The van der Waals surface area contributed by atoms with Crippen LogP contribution in [-0.2, 0) is 14.9 Å². The summed E-state index contributed by atoms with van der Waals surface area (Å²) in [4.78, 5) is 13.1. The average molecular weight is 474 g/mol. The molecule has 0 aromatic rings. The van der Waals surface area contributed by atoms with Gasteiger partial charge in [0.2, 0.25) is 5.91 Å². The minimum Gasteiger partial charge on any atom is -0.341 e. The third-order valence-electron chi connectivity index (χ3n) is 6.05. The van der Waals surface area contributed by atoms with E-state index in [2.05, 4.69) is 6.92 Å². The Labute approximate surface area is 199 Å². The van der Waals surface area contributed by atoms with Crippen molar-refractivity contribution in [3.8, 4) is 0 Å². The van der Waals surface area contributed by atoms with Crippen LogP contribution >= 0.6 is 0 Å². The third-order valence-corrected chi connectivity index (χ3v) is 6.74. The Hall–Kier alpha value is -0.880. The molecule has 0 fully saturated rings. The predicted octanol–water partition coefficient (Wildman–Crippen LogP) is 7.32. The van der Waals surface area contributed by atoms with Gasteiger partial charge in [-0.2, -0.15) is 8.42 Å². The first-order valence-electron chi connectivity index (χ1n) is 13.2. The van der Waals surface area contributed by atoms with E-state index >= 15 is 0 Å². The summed E-state index contributed by atoms with van der Waals surface area (Å²) in [6.45, 7) is 2.28. The van der Waals surface area contributed by atoms with Gasteiger partial charge in [0.1, 0.15) is 0 Å².